The van der Waals surface area contributed by atoms with Crippen molar-refractivity contribution in [1.29, 1.82) is 0 Å². The molecule has 0 saturated heterocycles. The monoisotopic (exact) mass is 523 g/mol. The molecule has 0 unspecified atom stereocenters. The number of halogens is 4. The minimum Gasteiger partial charge on any atom is -0.490 e. The normalized spacial score (nSPS) is 11.0. The maximum absolute atomic E-state index is 12.9. The quantitative estimate of drug-likeness (QED) is 0.292. The second-order valence-electron chi connectivity index (χ2n) is 5.82. The molecule has 0 atom stereocenters. The molecule has 0 radical (unpaired) electrons. The summed E-state index contributed by atoms with van der Waals surface area (Å²) in [6, 6.07) is 11.1. The largest absolute Gasteiger partial charge is 0.490 e. The molecule has 0 aliphatic rings. The van der Waals surface area contributed by atoms with Crippen LogP contribution in [0.4, 0.5) is 13.2 Å². The molecular weight excluding hydrogens is 498 g/mol. The fraction of sp³-hybridized carbons (Fsp3) is 0.350. The number of guanidine groups is 1. The zero-order chi connectivity index (χ0) is 20.4. The lowest BCUT2D eigenvalue weighted by atomic mass is 10.1. The molecule has 0 amide bonds. The van der Waals surface area contributed by atoms with E-state index in [-0.39, 0.29) is 41.3 Å². The molecule has 2 N–H and O–H groups in total. The fourth-order valence-electron chi connectivity index (χ4n) is 2.51. The van der Waals surface area contributed by atoms with E-state index in [1.54, 1.807) is 38.2 Å². The minimum atomic E-state index is -2.91. The molecule has 0 aliphatic heterocycles. The summed E-state index contributed by atoms with van der Waals surface area (Å²) in [6.07, 6.45) is 0.717. The Labute approximate surface area is 185 Å². The first-order valence-corrected chi connectivity index (χ1v) is 8.91. The zero-order valence-corrected chi connectivity index (χ0v) is 18.6. The van der Waals surface area contributed by atoms with Gasteiger partial charge < -0.3 is 20.1 Å². The molecule has 5 nitrogen and oxygen atoms in total. The lowest BCUT2D eigenvalue weighted by molar-refractivity contribution is -0.0514. The van der Waals surface area contributed by atoms with E-state index in [1.807, 2.05) is 0 Å². The van der Waals surface area contributed by atoms with Crippen LogP contribution in [0.1, 0.15) is 18.1 Å². The fourth-order valence-corrected chi connectivity index (χ4v) is 2.51. The van der Waals surface area contributed by atoms with E-state index in [4.69, 9.17) is 4.74 Å². The maximum Gasteiger partial charge on any atom is 0.387 e. The van der Waals surface area contributed by atoms with Gasteiger partial charge in [-0.1, -0.05) is 18.2 Å². The van der Waals surface area contributed by atoms with Crippen molar-refractivity contribution in [2.45, 2.75) is 26.5 Å². The summed E-state index contributed by atoms with van der Waals surface area (Å²) in [5.74, 6) is 0.599. The molecular formula is C20H25F3IN3O2. The lowest BCUT2D eigenvalue weighted by Gasteiger charge is -2.15. The average molecular weight is 523 g/mol. The number of rotatable bonds is 9. The third kappa shape index (κ3) is 8.80. The molecule has 0 aromatic heterocycles. The zero-order valence-electron chi connectivity index (χ0n) is 16.3. The van der Waals surface area contributed by atoms with Crippen molar-refractivity contribution in [3.05, 3.63) is 59.4 Å². The number of benzene rings is 2. The van der Waals surface area contributed by atoms with Gasteiger partial charge in [0.1, 0.15) is 5.82 Å². The van der Waals surface area contributed by atoms with Crippen LogP contribution in [0.15, 0.2) is 47.5 Å². The molecule has 29 heavy (non-hydrogen) atoms. The standard InChI is InChI=1S/C20H24F3N3O2.HI/c1-3-27-18-12-15(6-9-17(18)28-19(22)23)13-26-20(24-2)25-11-10-14-4-7-16(21)8-5-14;/h4-9,12,19H,3,10-11,13H2,1-2H3,(H2,24,25,26);1H. The predicted octanol–water partition coefficient (Wildman–Crippen LogP) is 4.35. The Balaban J connectivity index is 0.00000420. The topological polar surface area (TPSA) is 54.9 Å². The molecule has 0 spiro atoms. The van der Waals surface area contributed by atoms with Crippen molar-refractivity contribution >= 4 is 29.9 Å². The van der Waals surface area contributed by atoms with E-state index in [0.717, 1.165) is 17.5 Å². The number of hydrogen-bond acceptors (Lipinski definition) is 3. The Kier molecular flexibility index (Phi) is 11.3. The van der Waals surface area contributed by atoms with Gasteiger partial charge in [0.15, 0.2) is 17.5 Å². The van der Waals surface area contributed by atoms with Crippen LogP contribution in [-0.4, -0.2) is 32.8 Å². The lowest BCUT2D eigenvalue weighted by Crippen LogP contribution is -2.37. The summed E-state index contributed by atoms with van der Waals surface area (Å²) in [7, 11) is 1.65. The van der Waals surface area contributed by atoms with Gasteiger partial charge in [-0.2, -0.15) is 8.78 Å². The summed E-state index contributed by atoms with van der Waals surface area (Å²) in [6.45, 7) is 0.238. The average Bonchev–Trinajstić information content (AvgIpc) is 2.67. The number of aliphatic imine (C=N–C) groups is 1. The summed E-state index contributed by atoms with van der Waals surface area (Å²) < 4.78 is 47.7. The third-order valence-corrected chi connectivity index (χ3v) is 3.83. The van der Waals surface area contributed by atoms with Gasteiger partial charge in [0.25, 0.3) is 0 Å². The molecule has 0 aliphatic carbocycles. The third-order valence-electron chi connectivity index (χ3n) is 3.83. The Morgan fingerprint density at radius 2 is 1.72 bits per heavy atom. The van der Waals surface area contributed by atoms with Crippen molar-refractivity contribution in [2.75, 3.05) is 20.2 Å². The van der Waals surface area contributed by atoms with Crippen molar-refractivity contribution in [3.8, 4) is 11.5 Å². The summed E-state index contributed by atoms with van der Waals surface area (Å²) in [4.78, 5) is 4.14. The van der Waals surface area contributed by atoms with Crippen LogP contribution >= 0.6 is 24.0 Å². The van der Waals surface area contributed by atoms with Crippen molar-refractivity contribution in [2.24, 2.45) is 4.99 Å². The molecule has 0 fully saturated rings. The van der Waals surface area contributed by atoms with Gasteiger partial charge in [-0.05, 0) is 48.7 Å². The highest BCUT2D eigenvalue weighted by Crippen LogP contribution is 2.29. The highest BCUT2D eigenvalue weighted by atomic mass is 127. The van der Waals surface area contributed by atoms with Gasteiger partial charge in [0.05, 0.1) is 6.61 Å². The van der Waals surface area contributed by atoms with Crippen LogP contribution in [0.2, 0.25) is 0 Å². The van der Waals surface area contributed by atoms with E-state index in [1.165, 1.54) is 18.2 Å². The van der Waals surface area contributed by atoms with Crippen LogP contribution in [0.25, 0.3) is 0 Å². The Morgan fingerprint density at radius 1 is 1.03 bits per heavy atom. The molecule has 2 aromatic rings. The van der Waals surface area contributed by atoms with Crippen molar-refractivity contribution in [3.63, 3.8) is 0 Å². The highest BCUT2D eigenvalue weighted by molar-refractivity contribution is 14.0. The summed E-state index contributed by atoms with van der Waals surface area (Å²) in [5, 5.41) is 6.32. The molecule has 2 rings (SSSR count). The predicted molar refractivity (Wildman–Crippen MR) is 118 cm³/mol. The first-order valence-electron chi connectivity index (χ1n) is 8.91. The first-order chi connectivity index (χ1) is 13.5. The maximum atomic E-state index is 12.9. The molecule has 0 bridgehead atoms. The Hall–Kier alpha value is -2.17. The number of alkyl halides is 2. The number of ether oxygens (including phenoxy) is 2. The second-order valence-corrected chi connectivity index (χ2v) is 5.82. The second kappa shape index (κ2) is 13.1. The number of nitrogens with one attached hydrogen (secondary N) is 2. The smallest absolute Gasteiger partial charge is 0.387 e. The van der Waals surface area contributed by atoms with Crippen LogP contribution in [0.3, 0.4) is 0 Å². The first kappa shape index (κ1) is 24.9. The molecule has 0 heterocycles. The van der Waals surface area contributed by atoms with Gasteiger partial charge >= 0.3 is 6.61 Å². The van der Waals surface area contributed by atoms with E-state index >= 15 is 0 Å². The summed E-state index contributed by atoms with van der Waals surface area (Å²) in [5.41, 5.74) is 1.84. The van der Waals surface area contributed by atoms with Crippen LogP contribution in [0.5, 0.6) is 11.5 Å². The van der Waals surface area contributed by atoms with E-state index in [9.17, 15) is 13.2 Å². The number of nitrogens with zero attached hydrogens (tertiary/aromatic N) is 1. The van der Waals surface area contributed by atoms with E-state index in [0.29, 0.717) is 25.7 Å². The van der Waals surface area contributed by atoms with Crippen molar-refractivity contribution in [1.82, 2.24) is 10.6 Å². The van der Waals surface area contributed by atoms with Gasteiger partial charge in [-0.15, -0.1) is 24.0 Å². The molecule has 2 aromatic carbocycles. The van der Waals surface area contributed by atoms with Crippen molar-refractivity contribution < 1.29 is 22.6 Å². The van der Waals surface area contributed by atoms with Gasteiger partial charge in [0.2, 0.25) is 0 Å². The summed E-state index contributed by atoms with van der Waals surface area (Å²) >= 11 is 0. The van der Waals surface area contributed by atoms with Crippen LogP contribution in [0, 0.1) is 5.82 Å². The minimum absolute atomic E-state index is 0. The highest BCUT2D eigenvalue weighted by Gasteiger charge is 2.11. The number of hydrogen-bond donors (Lipinski definition) is 2. The molecule has 0 saturated carbocycles. The van der Waals surface area contributed by atoms with Gasteiger partial charge in [0, 0.05) is 20.1 Å². The van der Waals surface area contributed by atoms with Crippen LogP contribution in [-0.2, 0) is 13.0 Å². The Bertz CT molecular complexity index is 774. The van der Waals surface area contributed by atoms with E-state index < -0.39 is 6.61 Å². The van der Waals surface area contributed by atoms with Gasteiger partial charge in [-0.25, -0.2) is 4.39 Å². The SMILES string of the molecule is CCOc1cc(CNC(=NC)NCCc2ccc(F)cc2)ccc1OC(F)F.I. The van der Waals surface area contributed by atoms with Gasteiger partial charge in [-0.3, -0.25) is 4.99 Å². The Morgan fingerprint density at radius 3 is 2.34 bits per heavy atom. The van der Waals surface area contributed by atoms with E-state index in [2.05, 4.69) is 20.4 Å². The molecule has 9 heteroatoms. The molecule has 160 valence electrons. The van der Waals surface area contributed by atoms with Crippen LogP contribution < -0.4 is 20.1 Å².